The molecule has 2 aromatic carbocycles. The third-order valence-electron chi connectivity index (χ3n) is 5.13. The van der Waals surface area contributed by atoms with E-state index >= 15 is 0 Å². The van der Waals surface area contributed by atoms with E-state index < -0.39 is 0 Å². The minimum Gasteiger partial charge on any atom is -0.497 e. The normalized spacial score (nSPS) is 15.0. The number of ether oxygens (including phenoxy) is 1. The van der Waals surface area contributed by atoms with E-state index in [1.807, 2.05) is 30.1 Å². The van der Waals surface area contributed by atoms with Crippen molar-refractivity contribution in [2.24, 2.45) is 0 Å². The highest BCUT2D eigenvalue weighted by atomic mass is 16.5. The standard InChI is InChI=1S/C21H27N3O3/c1-16(25)24-10-8-23(9-11-24)15-21(26)22(2)14-17-4-5-19-13-20(27-3)7-6-18(19)12-17/h4-7,12-13H,8-11,14-15H2,1-3H3. The maximum atomic E-state index is 12.6. The molecule has 1 saturated heterocycles. The van der Waals surface area contributed by atoms with Crippen molar-refractivity contribution < 1.29 is 14.3 Å². The number of likely N-dealkylation sites (N-methyl/N-ethyl adjacent to an activating group) is 1. The van der Waals surface area contributed by atoms with Gasteiger partial charge in [0.05, 0.1) is 13.7 Å². The summed E-state index contributed by atoms with van der Waals surface area (Å²) in [5, 5.41) is 2.25. The molecule has 1 heterocycles. The molecule has 6 heteroatoms. The van der Waals surface area contributed by atoms with Crippen LogP contribution < -0.4 is 4.74 Å². The molecule has 144 valence electrons. The van der Waals surface area contributed by atoms with Gasteiger partial charge in [-0.25, -0.2) is 0 Å². The lowest BCUT2D eigenvalue weighted by atomic mass is 10.1. The summed E-state index contributed by atoms with van der Waals surface area (Å²) in [4.78, 5) is 29.7. The first kappa shape index (κ1) is 19.2. The summed E-state index contributed by atoms with van der Waals surface area (Å²) in [6.45, 7) is 5.45. The molecule has 1 aliphatic heterocycles. The predicted molar refractivity (Wildman–Crippen MR) is 106 cm³/mol. The molecule has 1 fully saturated rings. The van der Waals surface area contributed by atoms with Crippen LogP contribution in [0.25, 0.3) is 10.8 Å². The Labute approximate surface area is 160 Å². The number of carbonyl (C=O) groups excluding carboxylic acids is 2. The Hall–Kier alpha value is -2.60. The average Bonchev–Trinajstić information content (AvgIpc) is 2.67. The molecule has 6 nitrogen and oxygen atoms in total. The number of hydrogen-bond acceptors (Lipinski definition) is 4. The number of rotatable bonds is 5. The second kappa shape index (κ2) is 8.39. The van der Waals surface area contributed by atoms with Crippen LogP contribution in [0.2, 0.25) is 0 Å². The zero-order valence-corrected chi connectivity index (χ0v) is 16.3. The van der Waals surface area contributed by atoms with Crippen LogP contribution in [0, 0.1) is 0 Å². The third kappa shape index (κ3) is 4.77. The highest BCUT2D eigenvalue weighted by molar-refractivity contribution is 5.85. The minimum atomic E-state index is 0.0982. The maximum absolute atomic E-state index is 12.6. The van der Waals surface area contributed by atoms with Crippen molar-refractivity contribution in [1.82, 2.24) is 14.7 Å². The van der Waals surface area contributed by atoms with Crippen LogP contribution in [-0.4, -0.2) is 73.4 Å². The second-order valence-corrected chi connectivity index (χ2v) is 7.08. The number of fused-ring (bicyclic) bond motifs is 1. The van der Waals surface area contributed by atoms with Crippen molar-refractivity contribution in [3.8, 4) is 5.75 Å². The van der Waals surface area contributed by atoms with Crippen molar-refractivity contribution in [3.63, 3.8) is 0 Å². The van der Waals surface area contributed by atoms with E-state index in [4.69, 9.17) is 4.74 Å². The Balaban J connectivity index is 1.56. The first-order valence-electron chi connectivity index (χ1n) is 9.25. The number of carbonyl (C=O) groups is 2. The lowest BCUT2D eigenvalue weighted by Crippen LogP contribution is -2.50. The number of benzene rings is 2. The SMILES string of the molecule is COc1ccc2cc(CN(C)C(=O)CN3CCN(C(C)=O)CC3)ccc2c1. The van der Waals surface area contributed by atoms with E-state index in [9.17, 15) is 9.59 Å². The van der Waals surface area contributed by atoms with Gasteiger partial charge >= 0.3 is 0 Å². The molecule has 27 heavy (non-hydrogen) atoms. The van der Waals surface area contributed by atoms with Crippen LogP contribution in [0.1, 0.15) is 12.5 Å². The minimum absolute atomic E-state index is 0.0982. The van der Waals surface area contributed by atoms with Gasteiger partial charge in [-0.15, -0.1) is 0 Å². The molecule has 3 rings (SSSR count). The largest absolute Gasteiger partial charge is 0.497 e. The van der Waals surface area contributed by atoms with Crippen molar-refractivity contribution in [3.05, 3.63) is 42.0 Å². The fourth-order valence-electron chi connectivity index (χ4n) is 3.39. The smallest absolute Gasteiger partial charge is 0.236 e. The molecule has 0 unspecified atom stereocenters. The van der Waals surface area contributed by atoms with Gasteiger partial charge in [0.25, 0.3) is 0 Å². The van der Waals surface area contributed by atoms with Crippen LogP contribution in [0.4, 0.5) is 0 Å². The molecule has 0 aromatic heterocycles. The van der Waals surface area contributed by atoms with Gasteiger partial charge in [0.15, 0.2) is 0 Å². The highest BCUT2D eigenvalue weighted by Crippen LogP contribution is 2.22. The van der Waals surface area contributed by atoms with Gasteiger partial charge in [-0.3, -0.25) is 14.5 Å². The predicted octanol–water partition coefficient (Wildman–Crippen LogP) is 1.97. The van der Waals surface area contributed by atoms with Gasteiger partial charge in [-0.2, -0.15) is 0 Å². The second-order valence-electron chi connectivity index (χ2n) is 7.08. The van der Waals surface area contributed by atoms with E-state index in [1.54, 1.807) is 18.9 Å². The Morgan fingerprint density at radius 1 is 1.04 bits per heavy atom. The number of amides is 2. The number of piperazine rings is 1. The zero-order valence-electron chi connectivity index (χ0n) is 16.3. The number of methoxy groups -OCH3 is 1. The van der Waals surface area contributed by atoms with Gasteiger partial charge in [0.2, 0.25) is 11.8 Å². The van der Waals surface area contributed by atoms with Gasteiger partial charge in [0.1, 0.15) is 5.75 Å². The number of nitrogens with zero attached hydrogens (tertiary/aromatic N) is 3. The van der Waals surface area contributed by atoms with Crippen LogP contribution >= 0.6 is 0 Å². The van der Waals surface area contributed by atoms with E-state index in [1.165, 1.54) is 0 Å². The lowest BCUT2D eigenvalue weighted by Gasteiger charge is -2.34. The summed E-state index contributed by atoms with van der Waals surface area (Å²) >= 11 is 0. The first-order valence-corrected chi connectivity index (χ1v) is 9.25. The average molecular weight is 369 g/mol. The van der Waals surface area contributed by atoms with Crippen molar-refractivity contribution in [2.75, 3.05) is 46.9 Å². The quantitative estimate of drug-likeness (QED) is 0.809. The van der Waals surface area contributed by atoms with Gasteiger partial charge in [0, 0.05) is 46.7 Å². The summed E-state index contributed by atoms with van der Waals surface area (Å²) in [5.74, 6) is 1.04. The van der Waals surface area contributed by atoms with E-state index in [2.05, 4.69) is 23.1 Å². The Kier molecular flexibility index (Phi) is 5.96. The van der Waals surface area contributed by atoms with E-state index in [0.717, 1.165) is 35.2 Å². The highest BCUT2D eigenvalue weighted by Gasteiger charge is 2.21. The summed E-state index contributed by atoms with van der Waals surface area (Å²) in [7, 11) is 3.50. The molecule has 0 spiro atoms. The number of hydrogen-bond donors (Lipinski definition) is 0. The Bertz CT molecular complexity index is 829. The van der Waals surface area contributed by atoms with Crippen molar-refractivity contribution in [1.29, 1.82) is 0 Å². The van der Waals surface area contributed by atoms with Crippen LogP contribution in [0.15, 0.2) is 36.4 Å². The molecule has 2 amide bonds. The molecule has 0 saturated carbocycles. The van der Waals surface area contributed by atoms with E-state index in [-0.39, 0.29) is 11.8 Å². The molecule has 1 aliphatic rings. The third-order valence-corrected chi connectivity index (χ3v) is 5.13. The molecular weight excluding hydrogens is 342 g/mol. The summed E-state index contributed by atoms with van der Waals surface area (Å²) in [5.41, 5.74) is 1.10. The van der Waals surface area contributed by atoms with Crippen molar-refractivity contribution in [2.45, 2.75) is 13.5 Å². The maximum Gasteiger partial charge on any atom is 0.236 e. The first-order chi connectivity index (χ1) is 13.0. The van der Waals surface area contributed by atoms with Gasteiger partial charge in [-0.05, 0) is 34.5 Å². The topological polar surface area (TPSA) is 53.1 Å². The monoisotopic (exact) mass is 369 g/mol. The van der Waals surface area contributed by atoms with E-state index in [0.29, 0.717) is 26.2 Å². The summed E-state index contributed by atoms with van der Waals surface area (Å²) in [6, 6.07) is 12.2. The van der Waals surface area contributed by atoms with Crippen molar-refractivity contribution >= 4 is 22.6 Å². The van der Waals surface area contributed by atoms with Crippen LogP contribution in [0.5, 0.6) is 5.75 Å². The van der Waals surface area contributed by atoms with Gasteiger partial charge in [-0.1, -0.05) is 18.2 Å². The molecule has 0 aliphatic carbocycles. The lowest BCUT2D eigenvalue weighted by molar-refractivity contribution is -0.133. The van der Waals surface area contributed by atoms with Gasteiger partial charge < -0.3 is 14.5 Å². The molecule has 0 atom stereocenters. The fourth-order valence-corrected chi connectivity index (χ4v) is 3.39. The fraction of sp³-hybridized carbons (Fsp3) is 0.429. The summed E-state index contributed by atoms with van der Waals surface area (Å²) in [6.07, 6.45) is 0. The Morgan fingerprint density at radius 2 is 1.70 bits per heavy atom. The van der Waals surface area contributed by atoms with Crippen LogP contribution in [-0.2, 0) is 16.1 Å². The molecular formula is C21H27N3O3. The molecule has 0 radical (unpaired) electrons. The molecule has 0 bridgehead atoms. The summed E-state index contributed by atoms with van der Waals surface area (Å²) < 4.78 is 5.26. The Morgan fingerprint density at radius 3 is 2.37 bits per heavy atom. The molecule has 0 N–H and O–H groups in total. The van der Waals surface area contributed by atoms with Crippen LogP contribution in [0.3, 0.4) is 0 Å². The zero-order chi connectivity index (χ0) is 19.4. The molecule has 2 aromatic rings.